The Balaban J connectivity index is 1.65. The average molecular weight is 507 g/mol. The molecule has 0 spiro atoms. The molecule has 1 atom stereocenters. The molecule has 2 aliphatic heterocycles. The molecule has 1 N–H and O–H groups in total. The normalized spacial score (nSPS) is 18.9. The molecular weight excluding hydrogens is 488 g/mol. The summed E-state index contributed by atoms with van der Waals surface area (Å²) >= 11 is 4.81. The van der Waals surface area contributed by atoms with E-state index in [1.54, 1.807) is 6.07 Å². The molecule has 0 saturated carbocycles. The number of hydrogen-bond donors (Lipinski definition) is 1. The summed E-state index contributed by atoms with van der Waals surface area (Å²) < 4.78 is 36.6. The molecule has 10 heteroatoms. The summed E-state index contributed by atoms with van der Waals surface area (Å²) in [5, 5.41) is 8.91. The van der Waals surface area contributed by atoms with E-state index in [1.165, 1.54) is 11.3 Å². The zero-order chi connectivity index (χ0) is 21.0. The van der Waals surface area contributed by atoms with Crippen molar-refractivity contribution >= 4 is 64.1 Å². The number of aryl methyl sites for hydroxylation is 1. The van der Waals surface area contributed by atoms with E-state index in [4.69, 9.17) is 0 Å². The largest absolute Gasteiger partial charge is 0.368 e. The predicted molar refractivity (Wildman–Crippen MR) is 121 cm³/mol. The topological polar surface area (TPSA) is 95.2 Å². The van der Waals surface area contributed by atoms with Crippen molar-refractivity contribution in [2.75, 3.05) is 11.4 Å². The minimum Gasteiger partial charge on any atom is -0.368 e. The van der Waals surface area contributed by atoms with Crippen LogP contribution < -0.4 is 4.90 Å². The van der Waals surface area contributed by atoms with E-state index in [9.17, 15) is 13.0 Å². The number of benzene rings is 2. The smallest absolute Gasteiger partial charge is 0.297 e. The van der Waals surface area contributed by atoms with Crippen molar-refractivity contribution in [3.8, 4) is 0 Å². The molecule has 7 nitrogen and oxygen atoms in total. The van der Waals surface area contributed by atoms with Gasteiger partial charge >= 0.3 is 0 Å². The molecule has 0 aliphatic carbocycles. The van der Waals surface area contributed by atoms with E-state index in [1.807, 2.05) is 18.2 Å². The molecule has 0 bridgehead atoms. The van der Waals surface area contributed by atoms with Crippen LogP contribution in [0.1, 0.15) is 30.9 Å². The quantitative estimate of drug-likeness (QED) is 0.357. The van der Waals surface area contributed by atoms with Gasteiger partial charge in [-0.05, 0) is 68.0 Å². The van der Waals surface area contributed by atoms with Gasteiger partial charge < -0.3 is 4.90 Å². The monoisotopic (exact) mass is 506 g/mol. The van der Waals surface area contributed by atoms with Gasteiger partial charge in [-0.25, -0.2) is 4.98 Å². The van der Waals surface area contributed by atoms with E-state index < -0.39 is 10.1 Å². The first-order chi connectivity index (χ1) is 14.3. The zero-order valence-corrected chi connectivity index (χ0v) is 19.4. The van der Waals surface area contributed by atoms with Crippen LogP contribution in [-0.4, -0.2) is 30.5 Å². The second kappa shape index (κ2) is 7.37. The molecule has 0 fully saturated rings. The van der Waals surface area contributed by atoms with Crippen LogP contribution in [-0.2, 0) is 23.0 Å². The Morgan fingerprint density at radius 3 is 2.90 bits per heavy atom. The van der Waals surface area contributed by atoms with Crippen molar-refractivity contribution in [1.82, 2.24) is 4.98 Å². The molecule has 0 saturated heterocycles. The molecule has 3 heterocycles. The Morgan fingerprint density at radius 1 is 1.27 bits per heavy atom. The van der Waals surface area contributed by atoms with Crippen molar-refractivity contribution in [2.45, 2.75) is 43.5 Å². The van der Waals surface area contributed by atoms with Crippen LogP contribution >= 0.6 is 27.3 Å². The second-order valence-electron chi connectivity index (χ2n) is 7.68. The van der Waals surface area contributed by atoms with E-state index in [2.05, 4.69) is 43.0 Å². The highest BCUT2D eigenvalue weighted by Gasteiger charge is 2.34. The average Bonchev–Trinajstić information content (AvgIpc) is 3.10. The molecule has 156 valence electrons. The van der Waals surface area contributed by atoms with Gasteiger partial charge in [0.05, 0.1) is 10.2 Å². The first-order valence-corrected chi connectivity index (χ1v) is 12.8. The summed E-state index contributed by atoms with van der Waals surface area (Å²) in [6.07, 6.45) is 3.29. The number of rotatable bonds is 3. The maximum Gasteiger partial charge on any atom is 0.297 e. The van der Waals surface area contributed by atoms with E-state index in [0.29, 0.717) is 23.2 Å². The molecular formula is C20H19BrN4O3S2. The SMILES string of the molecule is CC1CCc2c3c(cc(/N=N/c4nc5ccc(Br)cc5s4)c2S(=O)(=O)O)CCCN31. The maximum atomic E-state index is 12.3. The fourth-order valence-corrected chi connectivity index (χ4v) is 6.64. The zero-order valence-electron chi connectivity index (χ0n) is 16.2. The van der Waals surface area contributed by atoms with Crippen molar-refractivity contribution in [2.24, 2.45) is 10.2 Å². The van der Waals surface area contributed by atoms with Crippen LogP contribution in [0.25, 0.3) is 10.2 Å². The third-order valence-electron chi connectivity index (χ3n) is 5.72. The number of anilines is 1. The van der Waals surface area contributed by atoms with Gasteiger partial charge in [0.25, 0.3) is 10.1 Å². The van der Waals surface area contributed by atoms with Gasteiger partial charge in [0.2, 0.25) is 5.13 Å². The highest BCUT2D eigenvalue weighted by atomic mass is 79.9. The number of halogens is 1. The lowest BCUT2D eigenvalue weighted by Crippen LogP contribution is -2.41. The van der Waals surface area contributed by atoms with Crippen LogP contribution in [0.3, 0.4) is 0 Å². The molecule has 0 amide bonds. The molecule has 5 rings (SSSR count). The Hall–Kier alpha value is -1.88. The summed E-state index contributed by atoms with van der Waals surface area (Å²) in [7, 11) is -4.45. The Labute approximate surface area is 186 Å². The second-order valence-corrected chi connectivity index (χ2v) is 11.0. The van der Waals surface area contributed by atoms with Crippen molar-refractivity contribution in [3.05, 3.63) is 39.9 Å². The van der Waals surface area contributed by atoms with Gasteiger partial charge in [-0.1, -0.05) is 27.3 Å². The maximum absolute atomic E-state index is 12.3. The number of azo groups is 1. The summed E-state index contributed by atoms with van der Waals surface area (Å²) in [6, 6.07) is 7.85. The van der Waals surface area contributed by atoms with E-state index >= 15 is 0 Å². The highest BCUT2D eigenvalue weighted by Crippen LogP contribution is 2.45. The van der Waals surface area contributed by atoms with Gasteiger partial charge in [-0.3, -0.25) is 4.55 Å². The first-order valence-electron chi connectivity index (χ1n) is 9.72. The van der Waals surface area contributed by atoms with Crippen LogP contribution in [0.4, 0.5) is 16.5 Å². The van der Waals surface area contributed by atoms with Crippen LogP contribution in [0.5, 0.6) is 0 Å². The minimum absolute atomic E-state index is 0.118. The third kappa shape index (κ3) is 3.45. The van der Waals surface area contributed by atoms with Crippen molar-refractivity contribution < 1.29 is 13.0 Å². The number of nitrogens with zero attached hydrogens (tertiary/aromatic N) is 4. The Morgan fingerprint density at radius 2 is 2.10 bits per heavy atom. The molecule has 1 aromatic heterocycles. The Kier molecular flexibility index (Phi) is 4.92. The number of fused-ring (bicyclic) bond motifs is 1. The lowest BCUT2D eigenvalue weighted by molar-refractivity contribution is 0.478. The first kappa shape index (κ1) is 20.0. The summed E-state index contributed by atoms with van der Waals surface area (Å²) in [5.74, 6) is 0. The summed E-state index contributed by atoms with van der Waals surface area (Å²) in [4.78, 5) is 6.59. The van der Waals surface area contributed by atoms with Gasteiger partial charge in [0.1, 0.15) is 10.6 Å². The third-order valence-corrected chi connectivity index (χ3v) is 8.09. The standard InChI is InChI=1S/C20H19BrN4O3S2/c1-11-4-6-14-18-12(3-2-8-25(11)18)9-16(19(14)30(26,27)28)23-24-20-22-15-7-5-13(21)10-17(15)29-20/h5,7,9-11H,2-4,6,8H2,1H3,(H,26,27,28)/b24-23+. The van der Waals surface area contributed by atoms with Crippen LogP contribution in [0, 0.1) is 0 Å². The van der Waals surface area contributed by atoms with Gasteiger partial charge in [0.15, 0.2) is 0 Å². The number of thiazole rings is 1. The van der Waals surface area contributed by atoms with Gasteiger partial charge in [0, 0.05) is 22.7 Å². The predicted octanol–water partition coefficient (Wildman–Crippen LogP) is 5.81. The molecule has 1 unspecified atom stereocenters. The fraction of sp³-hybridized carbons (Fsp3) is 0.350. The van der Waals surface area contributed by atoms with Crippen LogP contribution in [0.15, 0.2) is 43.9 Å². The molecule has 2 aromatic carbocycles. The van der Waals surface area contributed by atoms with Crippen molar-refractivity contribution in [1.29, 1.82) is 0 Å². The molecule has 30 heavy (non-hydrogen) atoms. The fourth-order valence-electron chi connectivity index (χ4n) is 4.42. The summed E-state index contributed by atoms with van der Waals surface area (Å²) in [6.45, 7) is 3.05. The minimum atomic E-state index is -4.45. The van der Waals surface area contributed by atoms with Crippen molar-refractivity contribution in [3.63, 3.8) is 0 Å². The lowest BCUT2D eigenvalue weighted by atomic mass is 9.88. The molecule has 2 aliphatic rings. The number of hydrogen-bond acceptors (Lipinski definition) is 7. The van der Waals surface area contributed by atoms with Gasteiger partial charge in [-0.2, -0.15) is 8.42 Å². The molecule has 3 aromatic rings. The summed E-state index contributed by atoms with van der Waals surface area (Å²) in [5.41, 5.74) is 3.67. The van der Waals surface area contributed by atoms with E-state index in [0.717, 1.165) is 51.7 Å². The van der Waals surface area contributed by atoms with E-state index in [-0.39, 0.29) is 10.6 Å². The molecule has 0 radical (unpaired) electrons. The highest BCUT2D eigenvalue weighted by molar-refractivity contribution is 9.10. The number of aromatic nitrogens is 1. The lowest BCUT2D eigenvalue weighted by Gasteiger charge is -2.42. The Bertz CT molecular complexity index is 1300. The van der Waals surface area contributed by atoms with Gasteiger partial charge in [-0.15, -0.1) is 10.2 Å². The van der Waals surface area contributed by atoms with Crippen LogP contribution in [0.2, 0.25) is 0 Å².